The van der Waals surface area contributed by atoms with Gasteiger partial charge in [-0.15, -0.1) is 11.3 Å². The van der Waals surface area contributed by atoms with Crippen molar-refractivity contribution in [1.82, 2.24) is 5.32 Å². The Balaban J connectivity index is 1.96. The Bertz CT molecular complexity index is 587. The molecule has 2 aromatic rings. The van der Waals surface area contributed by atoms with Crippen molar-refractivity contribution in [2.75, 3.05) is 0 Å². The summed E-state index contributed by atoms with van der Waals surface area (Å²) in [5.41, 5.74) is 1.25. The third kappa shape index (κ3) is 3.84. The van der Waals surface area contributed by atoms with Crippen molar-refractivity contribution in [3.63, 3.8) is 0 Å². The maximum atomic E-state index is 12.6. The minimum atomic E-state index is -4.28. The van der Waals surface area contributed by atoms with Gasteiger partial charge in [-0.05, 0) is 37.1 Å². The number of hydrogen-bond acceptors (Lipinski definition) is 2. The molecule has 0 saturated heterocycles. The monoisotopic (exact) mass is 299 g/mol. The molecule has 0 atom stereocenters. The highest BCUT2D eigenvalue weighted by molar-refractivity contribution is 7.12. The summed E-state index contributed by atoms with van der Waals surface area (Å²) < 4.78 is 37.8. The van der Waals surface area contributed by atoms with Crippen LogP contribution in [0, 0.1) is 13.8 Å². The van der Waals surface area contributed by atoms with Crippen LogP contribution in [0.15, 0.2) is 30.3 Å². The van der Waals surface area contributed by atoms with Crippen LogP contribution in [0.2, 0.25) is 0 Å². The van der Waals surface area contributed by atoms with E-state index in [9.17, 15) is 13.2 Å². The predicted octanol–water partition coefficient (Wildman–Crippen LogP) is 4.67. The Morgan fingerprint density at radius 2 is 1.85 bits per heavy atom. The highest BCUT2D eigenvalue weighted by Crippen LogP contribution is 2.29. The van der Waals surface area contributed by atoms with E-state index >= 15 is 0 Å². The Labute approximate surface area is 120 Å². The first-order valence-corrected chi connectivity index (χ1v) is 7.10. The fourth-order valence-electron chi connectivity index (χ4n) is 2.06. The molecule has 0 fully saturated rings. The van der Waals surface area contributed by atoms with E-state index in [4.69, 9.17) is 0 Å². The molecule has 2 rings (SSSR count). The molecule has 0 saturated carbocycles. The summed E-state index contributed by atoms with van der Waals surface area (Å²) in [6, 6.07) is 7.54. The second kappa shape index (κ2) is 5.97. The normalized spacial score (nSPS) is 11.8. The Hall–Kier alpha value is -1.33. The molecular weight excluding hydrogens is 283 g/mol. The smallest absolute Gasteiger partial charge is 0.309 e. The van der Waals surface area contributed by atoms with Crippen molar-refractivity contribution in [3.8, 4) is 0 Å². The van der Waals surface area contributed by atoms with Crippen LogP contribution in [0.4, 0.5) is 13.2 Å². The van der Waals surface area contributed by atoms with Crippen LogP contribution >= 0.6 is 11.3 Å². The van der Waals surface area contributed by atoms with Crippen LogP contribution < -0.4 is 5.32 Å². The molecule has 0 amide bonds. The van der Waals surface area contributed by atoms with Gasteiger partial charge in [-0.1, -0.05) is 18.2 Å². The number of hydrogen-bond donors (Lipinski definition) is 1. The topological polar surface area (TPSA) is 12.0 Å². The van der Waals surface area contributed by atoms with Gasteiger partial charge in [0.2, 0.25) is 0 Å². The molecule has 1 heterocycles. The Morgan fingerprint density at radius 3 is 2.45 bits per heavy atom. The maximum absolute atomic E-state index is 12.6. The van der Waals surface area contributed by atoms with Gasteiger partial charge >= 0.3 is 6.18 Å². The van der Waals surface area contributed by atoms with Gasteiger partial charge in [-0.3, -0.25) is 0 Å². The number of rotatable bonds is 4. The van der Waals surface area contributed by atoms with Crippen molar-refractivity contribution in [3.05, 3.63) is 56.8 Å². The summed E-state index contributed by atoms with van der Waals surface area (Å²) in [6.45, 7) is 5.21. The highest BCUT2D eigenvalue weighted by Gasteiger charge is 2.30. The fraction of sp³-hybridized carbons (Fsp3) is 0.333. The lowest BCUT2D eigenvalue weighted by molar-refractivity contribution is -0.137. The molecule has 0 radical (unpaired) electrons. The molecule has 108 valence electrons. The average molecular weight is 299 g/mol. The van der Waals surface area contributed by atoms with E-state index in [0.29, 0.717) is 18.7 Å². The van der Waals surface area contributed by atoms with Crippen LogP contribution in [0.3, 0.4) is 0 Å². The molecule has 0 aliphatic heterocycles. The highest BCUT2D eigenvalue weighted by atomic mass is 32.1. The molecule has 0 aliphatic carbocycles. The number of alkyl halides is 3. The van der Waals surface area contributed by atoms with Gasteiger partial charge in [-0.25, -0.2) is 0 Å². The summed E-state index contributed by atoms with van der Waals surface area (Å²) in [5.74, 6) is 0. The largest absolute Gasteiger partial charge is 0.416 e. The third-order valence-corrected chi connectivity index (χ3v) is 4.05. The summed E-state index contributed by atoms with van der Waals surface area (Å²) >= 11 is 1.73. The first-order chi connectivity index (χ1) is 9.36. The van der Waals surface area contributed by atoms with E-state index in [-0.39, 0.29) is 0 Å². The standard InChI is InChI=1S/C15H16F3NS/c1-10-6-13(11(2)20-10)9-19-8-12-4-3-5-14(7-12)15(16,17)18/h3-7,19H,8-9H2,1-2H3. The Kier molecular flexibility index (Phi) is 4.50. The molecule has 1 nitrogen and oxygen atoms in total. The van der Waals surface area contributed by atoms with Gasteiger partial charge in [0.05, 0.1) is 5.56 Å². The molecule has 1 aromatic heterocycles. The van der Waals surface area contributed by atoms with Crippen molar-refractivity contribution in [2.24, 2.45) is 0 Å². The molecule has 0 spiro atoms. The van der Waals surface area contributed by atoms with Crippen LogP contribution in [0.5, 0.6) is 0 Å². The van der Waals surface area contributed by atoms with Crippen molar-refractivity contribution in [2.45, 2.75) is 33.1 Å². The Morgan fingerprint density at radius 1 is 1.10 bits per heavy atom. The molecule has 1 aromatic carbocycles. The zero-order chi connectivity index (χ0) is 14.8. The summed E-state index contributed by atoms with van der Waals surface area (Å²) in [4.78, 5) is 2.50. The molecule has 20 heavy (non-hydrogen) atoms. The van der Waals surface area contributed by atoms with Gasteiger partial charge in [0.1, 0.15) is 0 Å². The number of benzene rings is 1. The number of thiophene rings is 1. The van der Waals surface area contributed by atoms with Crippen molar-refractivity contribution >= 4 is 11.3 Å². The summed E-state index contributed by atoms with van der Waals surface area (Å²) in [7, 11) is 0. The first-order valence-electron chi connectivity index (χ1n) is 6.29. The van der Waals surface area contributed by atoms with Crippen LogP contribution in [0.25, 0.3) is 0 Å². The van der Waals surface area contributed by atoms with Crippen LogP contribution in [-0.4, -0.2) is 0 Å². The summed E-state index contributed by atoms with van der Waals surface area (Å²) in [5, 5.41) is 3.19. The number of aryl methyl sites for hydroxylation is 2. The minimum absolute atomic E-state index is 0.429. The zero-order valence-electron chi connectivity index (χ0n) is 11.3. The molecule has 5 heteroatoms. The average Bonchev–Trinajstić information content (AvgIpc) is 2.67. The molecule has 0 aliphatic rings. The van der Waals surface area contributed by atoms with Gasteiger partial charge in [0.25, 0.3) is 0 Å². The van der Waals surface area contributed by atoms with E-state index < -0.39 is 11.7 Å². The maximum Gasteiger partial charge on any atom is 0.416 e. The second-order valence-corrected chi connectivity index (χ2v) is 6.20. The van der Waals surface area contributed by atoms with Gasteiger partial charge in [0, 0.05) is 22.8 Å². The third-order valence-electron chi connectivity index (χ3n) is 3.04. The lowest BCUT2D eigenvalue weighted by Gasteiger charge is -2.09. The number of halogens is 3. The summed E-state index contributed by atoms with van der Waals surface area (Å²) in [6.07, 6.45) is -4.28. The van der Waals surface area contributed by atoms with E-state index in [0.717, 1.165) is 6.07 Å². The van der Waals surface area contributed by atoms with Crippen molar-refractivity contribution < 1.29 is 13.2 Å². The fourth-order valence-corrected chi connectivity index (χ4v) is 3.00. The zero-order valence-corrected chi connectivity index (χ0v) is 12.2. The first kappa shape index (κ1) is 15.1. The van der Waals surface area contributed by atoms with Gasteiger partial charge < -0.3 is 5.32 Å². The van der Waals surface area contributed by atoms with Gasteiger partial charge in [0.15, 0.2) is 0 Å². The lowest BCUT2D eigenvalue weighted by Crippen LogP contribution is -2.13. The SMILES string of the molecule is Cc1cc(CNCc2cccc(C(F)(F)F)c2)c(C)s1. The van der Waals surface area contributed by atoms with Crippen LogP contribution in [0.1, 0.15) is 26.4 Å². The van der Waals surface area contributed by atoms with Crippen molar-refractivity contribution in [1.29, 1.82) is 0 Å². The lowest BCUT2D eigenvalue weighted by atomic mass is 10.1. The molecular formula is C15H16F3NS. The second-order valence-electron chi connectivity index (χ2n) is 4.74. The van der Waals surface area contributed by atoms with E-state index in [2.05, 4.69) is 18.3 Å². The van der Waals surface area contributed by atoms with E-state index in [1.807, 2.05) is 6.92 Å². The predicted molar refractivity (Wildman–Crippen MR) is 75.8 cm³/mol. The quantitative estimate of drug-likeness (QED) is 0.865. The molecule has 0 unspecified atom stereocenters. The number of nitrogens with one attached hydrogen (secondary N) is 1. The van der Waals surface area contributed by atoms with Gasteiger partial charge in [-0.2, -0.15) is 13.2 Å². The van der Waals surface area contributed by atoms with Crippen LogP contribution in [-0.2, 0) is 19.3 Å². The molecule has 1 N–H and O–H groups in total. The van der Waals surface area contributed by atoms with E-state index in [1.165, 1.54) is 27.5 Å². The minimum Gasteiger partial charge on any atom is -0.309 e. The molecule has 0 bridgehead atoms. The van der Waals surface area contributed by atoms with E-state index in [1.54, 1.807) is 17.4 Å².